The Morgan fingerprint density at radius 2 is 1.64 bits per heavy atom. The fourth-order valence-electron chi connectivity index (χ4n) is 4.27. The molecule has 0 aliphatic rings. The Kier molecular flexibility index (Phi) is 10.3. The number of benzene rings is 3. The SMILES string of the molecule is COc1ccc(CCCC(=O)Nc2ccc(Oc3ncnc4cc(OC)c(NC(=O)CCC(C)C)cc34)c(F)c2)cc1. The Morgan fingerprint density at radius 3 is 2.33 bits per heavy atom. The summed E-state index contributed by atoms with van der Waals surface area (Å²) in [5.74, 6) is 0.599. The van der Waals surface area contributed by atoms with Gasteiger partial charge in [-0.2, -0.15) is 0 Å². The number of hydrogen-bond acceptors (Lipinski definition) is 7. The Bertz CT molecular complexity index is 1540. The maximum absolute atomic E-state index is 15.0. The van der Waals surface area contributed by atoms with Crippen molar-refractivity contribution < 1.29 is 28.2 Å². The van der Waals surface area contributed by atoms with Crippen LogP contribution in [-0.4, -0.2) is 36.0 Å². The number of hydrogen-bond donors (Lipinski definition) is 2. The number of rotatable bonds is 13. The molecule has 0 bridgehead atoms. The molecule has 0 spiro atoms. The summed E-state index contributed by atoms with van der Waals surface area (Å²) in [6, 6.07) is 15.2. The standard InChI is InChI=1S/C32H35FN4O5/c1-20(2)8-15-31(39)37-27-17-24-26(18-29(27)41-4)34-19-35-32(24)42-28-14-11-22(16-25(28)33)36-30(38)7-5-6-21-9-12-23(40-3)13-10-21/h9-14,16-20H,5-8,15H2,1-4H3,(H,36,38)(H,37,39). The van der Waals surface area contributed by atoms with Gasteiger partial charge in [0, 0.05) is 30.7 Å². The van der Waals surface area contributed by atoms with Gasteiger partial charge in [-0.15, -0.1) is 0 Å². The molecule has 1 heterocycles. The van der Waals surface area contributed by atoms with Crippen molar-refractivity contribution in [1.29, 1.82) is 0 Å². The predicted octanol–water partition coefficient (Wildman–Crippen LogP) is 6.91. The molecule has 9 nitrogen and oxygen atoms in total. The van der Waals surface area contributed by atoms with E-state index in [1.165, 1.54) is 25.6 Å². The van der Waals surface area contributed by atoms with Crippen molar-refractivity contribution in [3.05, 3.63) is 72.3 Å². The molecule has 4 aromatic rings. The minimum Gasteiger partial charge on any atom is -0.497 e. The minimum atomic E-state index is -0.673. The molecule has 3 aromatic carbocycles. The number of ether oxygens (including phenoxy) is 3. The number of aryl methyl sites for hydroxylation is 1. The van der Waals surface area contributed by atoms with Crippen LogP contribution < -0.4 is 24.8 Å². The lowest BCUT2D eigenvalue weighted by atomic mass is 10.1. The molecule has 2 amide bonds. The highest BCUT2D eigenvalue weighted by molar-refractivity contribution is 5.97. The Labute approximate surface area is 244 Å². The van der Waals surface area contributed by atoms with Gasteiger partial charge in [0.2, 0.25) is 17.7 Å². The quantitative estimate of drug-likeness (QED) is 0.178. The summed E-state index contributed by atoms with van der Waals surface area (Å²) < 4.78 is 31.5. The van der Waals surface area contributed by atoms with Crippen molar-refractivity contribution >= 4 is 34.1 Å². The molecule has 10 heteroatoms. The molecule has 2 N–H and O–H groups in total. The largest absolute Gasteiger partial charge is 0.497 e. The van der Waals surface area contributed by atoms with Crippen molar-refractivity contribution in [3.8, 4) is 23.1 Å². The van der Waals surface area contributed by atoms with Crippen molar-refractivity contribution in [1.82, 2.24) is 9.97 Å². The van der Waals surface area contributed by atoms with Crippen LogP contribution in [0.15, 0.2) is 60.9 Å². The van der Waals surface area contributed by atoms with Crippen LogP contribution in [0, 0.1) is 11.7 Å². The lowest BCUT2D eigenvalue weighted by molar-refractivity contribution is -0.117. The summed E-state index contributed by atoms with van der Waals surface area (Å²) >= 11 is 0. The molecular weight excluding hydrogens is 539 g/mol. The van der Waals surface area contributed by atoms with Crippen LogP contribution in [0.3, 0.4) is 0 Å². The van der Waals surface area contributed by atoms with Gasteiger partial charge in [-0.3, -0.25) is 9.59 Å². The normalized spacial score (nSPS) is 10.9. The van der Waals surface area contributed by atoms with Crippen LogP contribution in [0.5, 0.6) is 23.1 Å². The number of halogens is 1. The molecule has 0 aliphatic carbocycles. The van der Waals surface area contributed by atoms with Gasteiger partial charge in [0.1, 0.15) is 17.8 Å². The third-order valence-electron chi connectivity index (χ3n) is 6.59. The number of methoxy groups -OCH3 is 2. The summed E-state index contributed by atoms with van der Waals surface area (Å²) in [5, 5.41) is 6.06. The zero-order valence-electron chi connectivity index (χ0n) is 24.2. The number of carbonyl (C=O) groups excluding carboxylic acids is 2. The van der Waals surface area contributed by atoms with Crippen LogP contribution in [0.25, 0.3) is 10.9 Å². The smallest absolute Gasteiger partial charge is 0.230 e. The van der Waals surface area contributed by atoms with E-state index in [-0.39, 0.29) is 23.4 Å². The zero-order chi connectivity index (χ0) is 30.1. The predicted molar refractivity (Wildman–Crippen MR) is 160 cm³/mol. The number of anilines is 2. The highest BCUT2D eigenvalue weighted by Crippen LogP contribution is 2.35. The molecular formula is C32H35FN4O5. The van der Waals surface area contributed by atoms with Gasteiger partial charge < -0.3 is 24.8 Å². The van der Waals surface area contributed by atoms with E-state index in [1.54, 1.807) is 25.3 Å². The van der Waals surface area contributed by atoms with Crippen LogP contribution >= 0.6 is 0 Å². The van der Waals surface area contributed by atoms with Crippen molar-refractivity contribution in [3.63, 3.8) is 0 Å². The monoisotopic (exact) mass is 574 g/mol. The van der Waals surface area contributed by atoms with E-state index in [4.69, 9.17) is 14.2 Å². The van der Waals surface area contributed by atoms with E-state index in [2.05, 4.69) is 34.4 Å². The number of aromatic nitrogens is 2. The first-order valence-electron chi connectivity index (χ1n) is 13.8. The molecule has 42 heavy (non-hydrogen) atoms. The lowest BCUT2D eigenvalue weighted by Gasteiger charge is -2.14. The fraction of sp³-hybridized carbons (Fsp3) is 0.312. The maximum Gasteiger partial charge on any atom is 0.230 e. The second-order valence-corrected chi connectivity index (χ2v) is 10.2. The third kappa shape index (κ3) is 8.15. The molecule has 0 saturated heterocycles. The first-order valence-corrected chi connectivity index (χ1v) is 13.8. The average Bonchev–Trinajstić information content (AvgIpc) is 2.97. The fourth-order valence-corrected chi connectivity index (χ4v) is 4.27. The Balaban J connectivity index is 1.42. The maximum atomic E-state index is 15.0. The van der Waals surface area contributed by atoms with Gasteiger partial charge >= 0.3 is 0 Å². The number of nitrogens with one attached hydrogen (secondary N) is 2. The molecule has 0 unspecified atom stereocenters. The number of fused-ring (bicyclic) bond motifs is 1. The zero-order valence-corrected chi connectivity index (χ0v) is 24.2. The van der Waals surface area contributed by atoms with Crippen molar-refractivity contribution in [2.75, 3.05) is 24.9 Å². The van der Waals surface area contributed by atoms with E-state index in [0.29, 0.717) is 53.2 Å². The molecule has 0 radical (unpaired) electrons. The molecule has 0 atom stereocenters. The average molecular weight is 575 g/mol. The molecule has 0 saturated carbocycles. The highest BCUT2D eigenvalue weighted by Gasteiger charge is 2.16. The van der Waals surface area contributed by atoms with Crippen molar-refractivity contribution in [2.24, 2.45) is 5.92 Å². The van der Waals surface area contributed by atoms with Crippen LogP contribution in [0.1, 0.15) is 45.1 Å². The number of nitrogens with zero attached hydrogens (tertiary/aromatic N) is 2. The van der Waals surface area contributed by atoms with Gasteiger partial charge in [0.05, 0.1) is 30.8 Å². The van der Waals surface area contributed by atoms with Crippen LogP contribution in [-0.2, 0) is 16.0 Å². The van der Waals surface area contributed by atoms with Gasteiger partial charge in [-0.1, -0.05) is 26.0 Å². The molecule has 1 aromatic heterocycles. The Hall–Kier alpha value is -4.73. The van der Waals surface area contributed by atoms with E-state index in [9.17, 15) is 9.59 Å². The molecule has 0 aliphatic heterocycles. The van der Waals surface area contributed by atoms with Crippen LogP contribution in [0.4, 0.5) is 15.8 Å². The van der Waals surface area contributed by atoms with Gasteiger partial charge in [-0.05, 0) is 61.1 Å². The minimum absolute atomic E-state index is 0.0779. The number of amides is 2. The van der Waals surface area contributed by atoms with Crippen molar-refractivity contribution in [2.45, 2.75) is 46.0 Å². The van der Waals surface area contributed by atoms with E-state index >= 15 is 4.39 Å². The second-order valence-electron chi connectivity index (χ2n) is 10.2. The van der Waals surface area contributed by atoms with E-state index in [1.807, 2.05) is 24.3 Å². The molecule has 0 fully saturated rings. The van der Waals surface area contributed by atoms with Gasteiger partial charge in [0.25, 0.3) is 0 Å². The van der Waals surface area contributed by atoms with E-state index in [0.717, 1.165) is 24.2 Å². The lowest BCUT2D eigenvalue weighted by Crippen LogP contribution is -2.13. The topological polar surface area (TPSA) is 112 Å². The first-order chi connectivity index (χ1) is 20.2. The summed E-state index contributed by atoms with van der Waals surface area (Å²) in [4.78, 5) is 33.4. The molecule has 220 valence electrons. The Morgan fingerprint density at radius 1 is 0.881 bits per heavy atom. The van der Waals surface area contributed by atoms with Crippen LogP contribution in [0.2, 0.25) is 0 Å². The van der Waals surface area contributed by atoms with Gasteiger partial charge in [-0.25, -0.2) is 14.4 Å². The van der Waals surface area contributed by atoms with Gasteiger partial charge in [0.15, 0.2) is 11.6 Å². The second kappa shape index (κ2) is 14.2. The first kappa shape index (κ1) is 30.2. The highest BCUT2D eigenvalue weighted by atomic mass is 19.1. The number of carbonyl (C=O) groups is 2. The molecule has 4 rings (SSSR count). The summed E-state index contributed by atoms with van der Waals surface area (Å²) in [7, 11) is 3.12. The third-order valence-corrected chi connectivity index (χ3v) is 6.59. The summed E-state index contributed by atoms with van der Waals surface area (Å²) in [6.45, 7) is 4.10. The van der Waals surface area contributed by atoms with E-state index < -0.39 is 5.82 Å². The summed E-state index contributed by atoms with van der Waals surface area (Å²) in [5.41, 5.74) is 2.35. The summed E-state index contributed by atoms with van der Waals surface area (Å²) in [6.07, 6.45) is 4.09.